The molecule has 7 nitrogen and oxygen atoms in total. The van der Waals surface area contributed by atoms with Crippen LogP contribution in [0.1, 0.15) is 25.5 Å². The Morgan fingerprint density at radius 2 is 1.88 bits per heavy atom. The van der Waals surface area contributed by atoms with Gasteiger partial charge < -0.3 is 14.6 Å². The van der Waals surface area contributed by atoms with Gasteiger partial charge in [-0.05, 0) is 43.2 Å². The third kappa shape index (κ3) is 4.60. The summed E-state index contributed by atoms with van der Waals surface area (Å²) in [4.78, 5) is 21.7. The van der Waals surface area contributed by atoms with Gasteiger partial charge >= 0.3 is 5.63 Å². The summed E-state index contributed by atoms with van der Waals surface area (Å²) in [5.41, 5.74) is 2.25. The maximum atomic E-state index is 13.5. The minimum atomic E-state index is -0.558. The molecule has 2 heterocycles. The first-order valence-corrected chi connectivity index (χ1v) is 10.3. The average molecular weight is 434 g/mol. The second-order valence-corrected chi connectivity index (χ2v) is 7.15. The minimum Gasteiger partial charge on any atom is -0.358 e. The predicted octanol–water partition coefficient (Wildman–Crippen LogP) is 4.87. The fraction of sp³-hybridized carbons (Fsp3) is 0.208. The Morgan fingerprint density at radius 1 is 1.12 bits per heavy atom. The molecule has 0 aliphatic carbocycles. The standard InChI is InChI=1S/C24H23FN4O3/c1-3-31-15-29-22(21(23(30)32-29)18-9-11-19(25)12-10-18)20-13-14-26-24(28-20)27-16(2)17-7-5-4-6-8-17/h4-14,16H,3,15H2,1-2H3,(H,26,27,28)/t16-/m0/s1. The zero-order valence-corrected chi connectivity index (χ0v) is 17.8. The van der Waals surface area contributed by atoms with Crippen molar-refractivity contribution in [2.24, 2.45) is 0 Å². The monoisotopic (exact) mass is 434 g/mol. The molecule has 4 aromatic rings. The first-order valence-electron chi connectivity index (χ1n) is 10.3. The van der Waals surface area contributed by atoms with Crippen LogP contribution in [0, 0.1) is 5.82 Å². The number of anilines is 1. The lowest BCUT2D eigenvalue weighted by atomic mass is 10.0. The van der Waals surface area contributed by atoms with Crippen LogP contribution in [0.3, 0.4) is 0 Å². The topological polar surface area (TPSA) is 82.2 Å². The molecular formula is C24H23FN4O3. The molecule has 0 unspecified atom stereocenters. The Kier molecular flexibility index (Phi) is 6.42. The van der Waals surface area contributed by atoms with Crippen molar-refractivity contribution in [2.75, 3.05) is 11.9 Å². The first kappa shape index (κ1) is 21.5. The highest BCUT2D eigenvalue weighted by Gasteiger charge is 2.22. The van der Waals surface area contributed by atoms with Gasteiger partial charge in [-0.15, -0.1) is 0 Å². The Bertz CT molecular complexity index is 1240. The van der Waals surface area contributed by atoms with E-state index in [0.29, 0.717) is 29.5 Å². The summed E-state index contributed by atoms with van der Waals surface area (Å²) < 4.78 is 25.7. The molecule has 0 aliphatic rings. The van der Waals surface area contributed by atoms with Crippen LogP contribution in [-0.4, -0.2) is 21.3 Å². The summed E-state index contributed by atoms with van der Waals surface area (Å²) >= 11 is 0. The summed E-state index contributed by atoms with van der Waals surface area (Å²) in [5, 5.41) is 3.28. The van der Waals surface area contributed by atoms with Crippen molar-refractivity contribution in [3.8, 4) is 22.5 Å². The number of nitrogens with zero attached hydrogens (tertiary/aromatic N) is 3. The molecule has 0 saturated carbocycles. The number of hydrogen-bond acceptors (Lipinski definition) is 6. The van der Waals surface area contributed by atoms with Gasteiger partial charge in [0.25, 0.3) is 0 Å². The molecule has 0 saturated heterocycles. The molecule has 0 radical (unpaired) electrons. The third-order valence-electron chi connectivity index (χ3n) is 4.97. The van der Waals surface area contributed by atoms with Gasteiger partial charge in [0.15, 0.2) is 6.73 Å². The molecule has 2 aromatic heterocycles. The summed E-state index contributed by atoms with van der Waals surface area (Å²) in [6.45, 7) is 4.34. The van der Waals surface area contributed by atoms with Gasteiger partial charge in [0.1, 0.15) is 11.5 Å². The van der Waals surface area contributed by atoms with E-state index in [2.05, 4.69) is 15.3 Å². The minimum absolute atomic E-state index is 0.0296. The van der Waals surface area contributed by atoms with E-state index in [4.69, 9.17) is 9.26 Å². The summed E-state index contributed by atoms with van der Waals surface area (Å²) in [6, 6.07) is 17.3. The number of nitrogens with one attached hydrogen (secondary N) is 1. The molecule has 4 rings (SSSR count). The lowest BCUT2D eigenvalue weighted by Crippen LogP contribution is -2.10. The second kappa shape index (κ2) is 9.57. The fourth-order valence-corrected chi connectivity index (χ4v) is 3.38. The molecule has 0 fully saturated rings. The molecule has 1 atom stereocenters. The molecular weight excluding hydrogens is 411 g/mol. The maximum Gasteiger partial charge on any atom is 0.366 e. The van der Waals surface area contributed by atoms with Gasteiger partial charge in [-0.3, -0.25) is 0 Å². The van der Waals surface area contributed by atoms with E-state index < -0.39 is 11.4 Å². The highest BCUT2D eigenvalue weighted by molar-refractivity contribution is 5.78. The van der Waals surface area contributed by atoms with Crippen LogP contribution in [0.15, 0.2) is 76.2 Å². The van der Waals surface area contributed by atoms with Crippen LogP contribution in [0.4, 0.5) is 10.3 Å². The number of ether oxygens (including phenoxy) is 1. The SMILES string of the molecule is CCOCn1oc(=O)c(-c2ccc(F)cc2)c1-c1ccnc(N[C@@H](C)c2ccccc2)n1. The molecule has 0 aliphatic heterocycles. The van der Waals surface area contributed by atoms with Crippen molar-refractivity contribution in [3.05, 3.63) is 88.7 Å². The number of halogens is 1. The van der Waals surface area contributed by atoms with Gasteiger partial charge in [0.2, 0.25) is 5.95 Å². The molecule has 0 bridgehead atoms. The quantitative estimate of drug-likeness (QED) is 0.426. The lowest BCUT2D eigenvalue weighted by Gasteiger charge is -2.15. The van der Waals surface area contributed by atoms with Crippen LogP contribution in [-0.2, 0) is 11.5 Å². The molecule has 1 N–H and O–H groups in total. The van der Waals surface area contributed by atoms with Crippen molar-refractivity contribution >= 4 is 5.95 Å². The molecule has 32 heavy (non-hydrogen) atoms. The molecule has 164 valence electrons. The van der Waals surface area contributed by atoms with E-state index in [-0.39, 0.29) is 18.3 Å². The Morgan fingerprint density at radius 3 is 2.59 bits per heavy atom. The maximum absolute atomic E-state index is 13.5. The number of aromatic nitrogens is 3. The van der Waals surface area contributed by atoms with Crippen molar-refractivity contribution in [2.45, 2.75) is 26.6 Å². The zero-order chi connectivity index (χ0) is 22.5. The molecule has 0 spiro atoms. The second-order valence-electron chi connectivity index (χ2n) is 7.15. The van der Waals surface area contributed by atoms with E-state index in [1.807, 2.05) is 44.2 Å². The zero-order valence-electron chi connectivity index (χ0n) is 17.8. The van der Waals surface area contributed by atoms with Crippen LogP contribution >= 0.6 is 0 Å². The molecule has 2 aromatic carbocycles. The van der Waals surface area contributed by atoms with Crippen LogP contribution < -0.4 is 10.9 Å². The number of hydrogen-bond donors (Lipinski definition) is 1. The van der Waals surface area contributed by atoms with E-state index in [9.17, 15) is 9.18 Å². The lowest BCUT2D eigenvalue weighted by molar-refractivity contribution is 0.0314. The van der Waals surface area contributed by atoms with E-state index in [1.54, 1.807) is 12.3 Å². The van der Waals surface area contributed by atoms with E-state index in [1.165, 1.54) is 29.0 Å². The van der Waals surface area contributed by atoms with Gasteiger partial charge in [0.05, 0.1) is 17.3 Å². The third-order valence-corrected chi connectivity index (χ3v) is 4.97. The van der Waals surface area contributed by atoms with Crippen LogP contribution in [0.5, 0.6) is 0 Å². The predicted molar refractivity (Wildman–Crippen MR) is 119 cm³/mol. The molecule has 8 heteroatoms. The van der Waals surface area contributed by atoms with Gasteiger partial charge in [-0.1, -0.05) is 42.5 Å². The Labute approximate surface area is 184 Å². The smallest absolute Gasteiger partial charge is 0.358 e. The first-order chi connectivity index (χ1) is 15.6. The van der Waals surface area contributed by atoms with Crippen molar-refractivity contribution in [1.29, 1.82) is 0 Å². The highest BCUT2D eigenvalue weighted by atomic mass is 19.1. The fourth-order valence-electron chi connectivity index (χ4n) is 3.38. The summed E-state index contributed by atoms with van der Waals surface area (Å²) in [7, 11) is 0. The normalized spacial score (nSPS) is 12.0. The van der Waals surface area contributed by atoms with Crippen LogP contribution in [0.2, 0.25) is 0 Å². The summed E-state index contributed by atoms with van der Waals surface area (Å²) in [5.74, 6) is 0.0115. The van der Waals surface area contributed by atoms with Crippen molar-refractivity contribution in [3.63, 3.8) is 0 Å². The summed E-state index contributed by atoms with van der Waals surface area (Å²) in [6.07, 6.45) is 1.61. The number of benzene rings is 2. The average Bonchev–Trinajstić information content (AvgIpc) is 3.15. The van der Waals surface area contributed by atoms with Crippen molar-refractivity contribution < 1.29 is 13.7 Å². The van der Waals surface area contributed by atoms with Gasteiger partial charge in [-0.25, -0.2) is 19.2 Å². The Balaban J connectivity index is 1.76. The molecule has 0 amide bonds. The Hall–Kier alpha value is -3.78. The van der Waals surface area contributed by atoms with Crippen molar-refractivity contribution in [1.82, 2.24) is 14.7 Å². The highest BCUT2D eigenvalue weighted by Crippen LogP contribution is 2.30. The van der Waals surface area contributed by atoms with E-state index in [0.717, 1.165) is 5.56 Å². The van der Waals surface area contributed by atoms with Gasteiger partial charge in [0, 0.05) is 12.8 Å². The number of rotatable bonds is 8. The van der Waals surface area contributed by atoms with Gasteiger partial charge in [-0.2, -0.15) is 4.74 Å². The largest absolute Gasteiger partial charge is 0.366 e. The van der Waals surface area contributed by atoms with E-state index >= 15 is 0 Å². The van der Waals surface area contributed by atoms with Crippen LogP contribution in [0.25, 0.3) is 22.5 Å².